The molecule has 0 bridgehead atoms. The maximum absolute atomic E-state index is 13.5. The highest BCUT2D eigenvalue weighted by atomic mass is 35.5. The molecule has 5 nitrogen and oxygen atoms in total. The quantitative estimate of drug-likeness (QED) is 0.456. The molecule has 0 saturated heterocycles. The monoisotopic (exact) mass is 464 g/mol. The molecule has 2 amide bonds. The number of imide groups is 1. The number of anilines is 2. The second-order valence-corrected chi connectivity index (χ2v) is 8.31. The van der Waals surface area contributed by atoms with Crippen molar-refractivity contribution in [1.29, 1.82) is 0 Å². The number of amides is 2. The van der Waals surface area contributed by atoms with Gasteiger partial charge in [-0.05, 0) is 80.4 Å². The Morgan fingerprint density at radius 2 is 1.61 bits per heavy atom. The van der Waals surface area contributed by atoms with Gasteiger partial charge in [-0.3, -0.25) is 9.59 Å². The van der Waals surface area contributed by atoms with E-state index in [1.54, 1.807) is 42.5 Å². The molecule has 0 aromatic heterocycles. The van der Waals surface area contributed by atoms with E-state index in [1.807, 2.05) is 20.8 Å². The van der Waals surface area contributed by atoms with E-state index in [2.05, 4.69) is 5.32 Å². The highest BCUT2D eigenvalue weighted by molar-refractivity contribution is 6.46. The number of rotatable bonds is 6. The van der Waals surface area contributed by atoms with Crippen LogP contribution in [0.15, 0.2) is 72.4 Å². The predicted octanol–water partition coefficient (Wildman–Crippen LogP) is 5.97. The van der Waals surface area contributed by atoms with Gasteiger partial charge in [0.1, 0.15) is 17.3 Å². The van der Waals surface area contributed by atoms with Crippen LogP contribution in [-0.4, -0.2) is 17.9 Å². The van der Waals surface area contributed by atoms with Crippen LogP contribution < -0.4 is 15.0 Å². The minimum absolute atomic E-state index is 0.00520. The van der Waals surface area contributed by atoms with Crippen molar-refractivity contribution in [3.8, 4) is 5.75 Å². The number of benzene rings is 3. The maximum Gasteiger partial charge on any atom is 0.282 e. The fourth-order valence-corrected chi connectivity index (χ4v) is 3.76. The Bertz CT molecular complexity index is 1250. The fraction of sp³-hybridized carbons (Fsp3) is 0.154. The Balaban J connectivity index is 1.77. The van der Waals surface area contributed by atoms with E-state index in [4.69, 9.17) is 16.3 Å². The van der Waals surface area contributed by atoms with Gasteiger partial charge in [0, 0.05) is 10.7 Å². The Morgan fingerprint density at radius 1 is 0.939 bits per heavy atom. The van der Waals surface area contributed by atoms with Gasteiger partial charge in [0.15, 0.2) is 0 Å². The lowest BCUT2D eigenvalue weighted by Gasteiger charge is -2.17. The summed E-state index contributed by atoms with van der Waals surface area (Å²) in [5.74, 6) is -0.830. The van der Waals surface area contributed by atoms with Crippen LogP contribution in [-0.2, 0) is 9.59 Å². The molecule has 3 aromatic rings. The smallest absolute Gasteiger partial charge is 0.282 e. The summed E-state index contributed by atoms with van der Waals surface area (Å²) in [5, 5.41) is 3.62. The molecule has 1 aliphatic heterocycles. The normalized spacial score (nSPS) is 13.8. The average Bonchev–Trinajstić information content (AvgIpc) is 3.02. The SMILES string of the molecule is Cc1c(Cl)cccc1NC1=C(c2ccc(F)cc2)C(=O)N(c2ccc(OC(C)C)cc2)C1=O. The van der Waals surface area contributed by atoms with E-state index >= 15 is 0 Å². The lowest BCUT2D eigenvalue weighted by atomic mass is 10.0. The van der Waals surface area contributed by atoms with Gasteiger partial charge in [0.2, 0.25) is 0 Å². The third-order valence-corrected chi connectivity index (χ3v) is 5.62. The second kappa shape index (κ2) is 9.08. The van der Waals surface area contributed by atoms with E-state index in [-0.39, 0.29) is 17.4 Å². The highest BCUT2D eigenvalue weighted by Crippen LogP contribution is 2.35. The number of nitrogens with one attached hydrogen (secondary N) is 1. The molecule has 4 rings (SSSR count). The van der Waals surface area contributed by atoms with Gasteiger partial charge >= 0.3 is 0 Å². The van der Waals surface area contributed by atoms with Crippen molar-refractivity contribution in [2.45, 2.75) is 26.9 Å². The van der Waals surface area contributed by atoms with E-state index in [1.165, 1.54) is 24.3 Å². The highest BCUT2D eigenvalue weighted by Gasteiger charge is 2.40. The first-order chi connectivity index (χ1) is 15.8. The Hall–Kier alpha value is -3.64. The summed E-state index contributed by atoms with van der Waals surface area (Å²) in [6.07, 6.45) is -0.00520. The van der Waals surface area contributed by atoms with Crippen LogP contribution in [0.25, 0.3) is 5.57 Å². The van der Waals surface area contributed by atoms with Gasteiger partial charge in [0.05, 0.1) is 17.4 Å². The first kappa shape index (κ1) is 22.6. The zero-order valence-corrected chi connectivity index (χ0v) is 19.1. The summed E-state index contributed by atoms with van der Waals surface area (Å²) in [7, 11) is 0. The topological polar surface area (TPSA) is 58.6 Å². The van der Waals surface area contributed by atoms with Crippen LogP contribution in [0, 0.1) is 12.7 Å². The zero-order chi connectivity index (χ0) is 23.7. The van der Waals surface area contributed by atoms with Crippen molar-refractivity contribution in [2.75, 3.05) is 10.2 Å². The van der Waals surface area contributed by atoms with Crippen molar-refractivity contribution in [2.24, 2.45) is 0 Å². The van der Waals surface area contributed by atoms with E-state index < -0.39 is 17.6 Å². The van der Waals surface area contributed by atoms with Gasteiger partial charge in [0.25, 0.3) is 11.8 Å². The Kier molecular flexibility index (Phi) is 6.20. The van der Waals surface area contributed by atoms with Crippen molar-refractivity contribution in [3.05, 3.63) is 94.4 Å². The number of hydrogen-bond donors (Lipinski definition) is 1. The third-order valence-electron chi connectivity index (χ3n) is 5.21. The van der Waals surface area contributed by atoms with Gasteiger partial charge in [-0.25, -0.2) is 9.29 Å². The summed E-state index contributed by atoms with van der Waals surface area (Å²) in [6.45, 7) is 5.64. The molecule has 1 aliphatic rings. The van der Waals surface area contributed by atoms with Crippen molar-refractivity contribution in [3.63, 3.8) is 0 Å². The molecule has 168 valence electrons. The van der Waals surface area contributed by atoms with Crippen LogP contribution in [0.4, 0.5) is 15.8 Å². The summed E-state index contributed by atoms with van der Waals surface area (Å²) < 4.78 is 19.2. The van der Waals surface area contributed by atoms with Gasteiger partial charge in [-0.1, -0.05) is 29.8 Å². The number of carbonyl (C=O) groups is 2. The third kappa shape index (κ3) is 4.47. The number of carbonyl (C=O) groups excluding carboxylic acids is 2. The first-order valence-electron chi connectivity index (χ1n) is 10.4. The summed E-state index contributed by atoms with van der Waals surface area (Å²) in [5.41, 5.74) is 2.42. The number of halogens is 2. The van der Waals surface area contributed by atoms with Crippen LogP contribution in [0.1, 0.15) is 25.0 Å². The minimum atomic E-state index is -0.517. The molecule has 0 saturated carbocycles. The Labute approximate surface area is 196 Å². The molecule has 0 aliphatic carbocycles. The molecular formula is C26H22ClFN2O3. The van der Waals surface area contributed by atoms with Gasteiger partial charge < -0.3 is 10.1 Å². The molecule has 0 radical (unpaired) electrons. The lowest BCUT2D eigenvalue weighted by molar-refractivity contribution is -0.120. The van der Waals surface area contributed by atoms with Gasteiger partial charge in [-0.15, -0.1) is 0 Å². The maximum atomic E-state index is 13.5. The van der Waals surface area contributed by atoms with Crippen LogP contribution >= 0.6 is 11.6 Å². The van der Waals surface area contributed by atoms with Crippen molar-refractivity contribution >= 4 is 40.4 Å². The summed E-state index contributed by atoms with van der Waals surface area (Å²) in [6, 6.07) is 17.5. The molecule has 0 fully saturated rings. The molecule has 33 heavy (non-hydrogen) atoms. The standard InChI is InChI=1S/C26H22ClFN2O3/c1-15(2)33-20-13-11-19(12-14-20)30-25(31)23(17-7-9-18(28)10-8-17)24(26(30)32)29-22-6-4-5-21(27)16(22)3/h4-15,29H,1-3H3. The molecule has 0 unspecified atom stereocenters. The minimum Gasteiger partial charge on any atom is -0.491 e. The van der Waals surface area contributed by atoms with E-state index in [9.17, 15) is 14.0 Å². The van der Waals surface area contributed by atoms with E-state index in [0.29, 0.717) is 27.7 Å². The summed E-state index contributed by atoms with van der Waals surface area (Å²) >= 11 is 6.24. The molecule has 0 atom stereocenters. The molecule has 3 aromatic carbocycles. The molecule has 0 spiro atoms. The lowest BCUT2D eigenvalue weighted by Crippen LogP contribution is -2.32. The van der Waals surface area contributed by atoms with Crippen LogP contribution in [0.5, 0.6) is 5.75 Å². The van der Waals surface area contributed by atoms with Crippen molar-refractivity contribution in [1.82, 2.24) is 0 Å². The largest absolute Gasteiger partial charge is 0.491 e. The fourth-order valence-electron chi connectivity index (χ4n) is 3.59. The van der Waals surface area contributed by atoms with Crippen LogP contribution in [0.2, 0.25) is 5.02 Å². The molecular weight excluding hydrogens is 443 g/mol. The molecule has 1 N–H and O–H groups in total. The van der Waals surface area contributed by atoms with Crippen LogP contribution in [0.3, 0.4) is 0 Å². The predicted molar refractivity (Wildman–Crippen MR) is 128 cm³/mol. The summed E-state index contributed by atoms with van der Waals surface area (Å²) in [4.78, 5) is 28.0. The first-order valence-corrected chi connectivity index (χ1v) is 10.8. The van der Waals surface area contributed by atoms with Gasteiger partial charge in [-0.2, -0.15) is 0 Å². The zero-order valence-electron chi connectivity index (χ0n) is 18.4. The second-order valence-electron chi connectivity index (χ2n) is 7.90. The van der Waals surface area contributed by atoms with Crippen molar-refractivity contribution < 1.29 is 18.7 Å². The number of nitrogens with zero attached hydrogens (tertiary/aromatic N) is 1. The molecule has 1 heterocycles. The number of ether oxygens (including phenoxy) is 1. The van der Waals surface area contributed by atoms with E-state index in [0.717, 1.165) is 10.5 Å². The average molecular weight is 465 g/mol. The Morgan fingerprint density at radius 3 is 2.24 bits per heavy atom. The number of hydrogen-bond acceptors (Lipinski definition) is 4. The molecule has 7 heteroatoms.